The summed E-state index contributed by atoms with van der Waals surface area (Å²) < 4.78 is 3.19. The molecule has 0 unspecified atom stereocenters. The van der Waals surface area contributed by atoms with Crippen LogP contribution >= 0.6 is 0 Å². The molecule has 1 N–H and O–H groups in total. The number of aromatic nitrogens is 4. The van der Waals surface area contributed by atoms with Crippen molar-refractivity contribution in [3.05, 3.63) is 63.1 Å². The highest BCUT2D eigenvalue weighted by Gasteiger charge is 2.11. The standard InChI is InChI=1S/C13H12N4O2/c1-16-8-14-10-11(18)15-13(19)17(12(10)16)7-9-5-3-2-4-6-9/h2-6,8H,7H2,1H3,(H,15,18,19). The van der Waals surface area contributed by atoms with E-state index in [1.807, 2.05) is 30.3 Å². The molecule has 0 bridgehead atoms. The Labute approximate surface area is 108 Å². The van der Waals surface area contributed by atoms with E-state index in [2.05, 4.69) is 9.97 Å². The van der Waals surface area contributed by atoms with Crippen LogP contribution in [-0.4, -0.2) is 19.1 Å². The van der Waals surface area contributed by atoms with Crippen molar-refractivity contribution < 1.29 is 0 Å². The summed E-state index contributed by atoms with van der Waals surface area (Å²) in [7, 11) is 1.76. The maximum Gasteiger partial charge on any atom is 0.330 e. The first-order valence-corrected chi connectivity index (χ1v) is 5.85. The van der Waals surface area contributed by atoms with Crippen LogP contribution in [0.5, 0.6) is 0 Å². The monoisotopic (exact) mass is 256 g/mol. The van der Waals surface area contributed by atoms with E-state index in [9.17, 15) is 9.59 Å². The molecule has 0 amide bonds. The third-order valence-corrected chi connectivity index (χ3v) is 3.03. The fourth-order valence-corrected chi connectivity index (χ4v) is 2.13. The van der Waals surface area contributed by atoms with Gasteiger partial charge in [-0.3, -0.25) is 14.3 Å². The lowest BCUT2D eigenvalue weighted by Crippen LogP contribution is -2.31. The Kier molecular flexibility index (Phi) is 2.56. The molecule has 3 aromatic rings. The lowest BCUT2D eigenvalue weighted by molar-refractivity contribution is 0.726. The summed E-state index contributed by atoms with van der Waals surface area (Å²) in [6.07, 6.45) is 1.53. The molecule has 6 heteroatoms. The van der Waals surface area contributed by atoms with E-state index in [4.69, 9.17) is 0 Å². The van der Waals surface area contributed by atoms with Gasteiger partial charge in [-0.2, -0.15) is 0 Å². The van der Waals surface area contributed by atoms with Gasteiger partial charge in [0.25, 0.3) is 5.56 Å². The Hall–Kier alpha value is -2.63. The zero-order valence-corrected chi connectivity index (χ0v) is 10.3. The van der Waals surface area contributed by atoms with Gasteiger partial charge in [0.1, 0.15) is 5.65 Å². The molecule has 96 valence electrons. The molecule has 0 radical (unpaired) electrons. The molecule has 1 aromatic carbocycles. The molecule has 2 heterocycles. The molecule has 3 rings (SSSR count). The number of hydrogen-bond donors (Lipinski definition) is 1. The van der Waals surface area contributed by atoms with Gasteiger partial charge in [0.05, 0.1) is 12.9 Å². The topological polar surface area (TPSA) is 72.7 Å². The molecule has 0 fully saturated rings. The summed E-state index contributed by atoms with van der Waals surface area (Å²) in [5.41, 5.74) is 0.907. The van der Waals surface area contributed by atoms with Crippen LogP contribution < -0.4 is 11.2 Å². The van der Waals surface area contributed by atoms with E-state index in [1.54, 1.807) is 11.6 Å². The summed E-state index contributed by atoms with van der Waals surface area (Å²) in [6, 6.07) is 9.59. The van der Waals surface area contributed by atoms with E-state index in [0.717, 1.165) is 5.56 Å². The second-order valence-corrected chi connectivity index (χ2v) is 4.36. The number of hydrogen-bond acceptors (Lipinski definition) is 3. The van der Waals surface area contributed by atoms with Gasteiger partial charge in [-0.1, -0.05) is 30.3 Å². The number of aryl methyl sites for hydroxylation is 1. The van der Waals surface area contributed by atoms with E-state index in [-0.39, 0.29) is 5.52 Å². The smallest absolute Gasteiger partial charge is 0.320 e. The minimum atomic E-state index is -0.454. The highest BCUT2D eigenvalue weighted by molar-refractivity contribution is 5.69. The van der Waals surface area contributed by atoms with Crippen LogP contribution in [-0.2, 0) is 13.6 Å². The first kappa shape index (κ1) is 11.5. The van der Waals surface area contributed by atoms with Gasteiger partial charge in [0, 0.05) is 7.05 Å². The maximum atomic E-state index is 12.0. The van der Waals surface area contributed by atoms with E-state index < -0.39 is 11.2 Å². The van der Waals surface area contributed by atoms with Gasteiger partial charge >= 0.3 is 5.69 Å². The predicted octanol–water partition coefficient (Wildman–Crippen LogP) is 0.472. The molecule has 0 aliphatic carbocycles. The van der Waals surface area contributed by atoms with Crippen molar-refractivity contribution >= 4 is 11.2 Å². The molecule has 19 heavy (non-hydrogen) atoms. The van der Waals surface area contributed by atoms with Gasteiger partial charge in [0.15, 0.2) is 5.52 Å². The number of imidazole rings is 1. The number of aromatic amines is 1. The zero-order valence-electron chi connectivity index (χ0n) is 10.3. The van der Waals surface area contributed by atoms with Crippen molar-refractivity contribution in [2.24, 2.45) is 7.05 Å². The summed E-state index contributed by atoms with van der Waals surface area (Å²) in [6.45, 7) is 0.395. The number of H-pyrrole nitrogens is 1. The van der Waals surface area contributed by atoms with Crippen LogP contribution in [0.2, 0.25) is 0 Å². The van der Waals surface area contributed by atoms with Gasteiger partial charge in [-0.25, -0.2) is 9.78 Å². The highest BCUT2D eigenvalue weighted by atomic mass is 16.2. The number of benzene rings is 1. The number of nitrogens with one attached hydrogen (secondary N) is 1. The van der Waals surface area contributed by atoms with Crippen molar-refractivity contribution in [2.45, 2.75) is 6.54 Å². The third kappa shape index (κ3) is 1.87. The lowest BCUT2D eigenvalue weighted by atomic mass is 10.2. The SMILES string of the molecule is Cn1cnc2c(=O)[nH]c(=O)n(Cc3ccccc3)c21. The van der Waals surface area contributed by atoms with E-state index in [1.165, 1.54) is 10.9 Å². The maximum absolute atomic E-state index is 12.0. The molecule has 0 saturated heterocycles. The summed E-state index contributed by atoms with van der Waals surface area (Å²) in [4.78, 5) is 30.0. The second-order valence-electron chi connectivity index (χ2n) is 4.36. The number of rotatable bonds is 2. The summed E-state index contributed by atoms with van der Waals surface area (Å²) >= 11 is 0. The first-order valence-electron chi connectivity index (χ1n) is 5.85. The van der Waals surface area contributed by atoms with Crippen molar-refractivity contribution in [3.63, 3.8) is 0 Å². The van der Waals surface area contributed by atoms with Crippen LogP contribution in [0.3, 0.4) is 0 Å². The van der Waals surface area contributed by atoms with Crippen LogP contribution in [0.4, 0.5) is 0 Å². The summed E-state index contributed by atoms with van der Waals surface area (Å²) in [5, 5.41) is 0. The molecule has 6 nitrogen and oxygen atoms in total. The molecule has 0 aliphatic rings. The number of nitrogens with zero attached hydrogens (tertiary/aromatic N) is 3. The highest BCUT2D eigenvalue weighted by Crippen LogP contribution is 2.07. The Morgan fingerprint density at radius 2 is 1.95 bits per heavy atom. The molecule has 2 aromatic heterocycles. The normalized spacial score (nSPS) is 11.0. The molecule has 0 atom stereocenters. The Bertz CT molecular complexity index is 842. The largest absolute Gasteiger partial charge is 0.330 e. The molecule has 0 spiro atoms. The van der Waals surface area contributed by atoms with Crippen molar-refractivity contribution in [2.75, 3.05) is 0 Å². The molecular formula is C13H12N4O2. The molecule has 0 saturated carbocycles. The first-order chi connectivity index (χ1) is 9.16. The van der Waals surface area contributed by atoms with Crippen LogP contribution in [0.15, 0.2) is 46.2 Å². The average molecular weight is 256 g/mol. The van der Waals surface area contributed by atoms with E-state index >= 15 is 0 Å². The van der Waals surface area contributed by atoms with Crippen molar-refractivity contribution in [1.82, 2.24) is 19.1 Å². The minimum absolute atomic E-state index is 0.276. The Morgan fingerprint density at radius 1 is 1.21 bits per heavy atom. The Morgan fingerprint density at radius 3 is 2.68 bits per heavy atom. The van der Waals surface area contributed by atoms with Gasteiger partial charge in [-0.05, 0) is 5.56 Å². The van der Waals surface area contributed by atoms with E-state index in [0.29, 0.717) is 12.2 Å². The fourth-order valence-electron chi connectivity index (χ4n) is 2.13. The minimum Gasteiger partial charge on any atom is -0.320 e. The van der Waals surface area contributed by atoms with Crippen LogP contribution in [0.1, 0.15) is 5.56 Å². The quantitative estimate of drug-likeness (QED) is 0.724. The lowest BCUT2D eigenvalue weighted by Gasteiger charge is -2.08. The van der Waals surface area contributed by atoms with Gasteiger partial charge in [0.2, 0.25) is 0 Å². The van der Waals surface area contributed by atoms with Crippen LogP contribution in [0, 0.1) is 0 Å². The number of fused-ring (bicyclic) bond motifs is 1. The third-order valence-electron chi connectivity index (χ3n) is 3.03. The second kappa shape index (κ2) is 4.24. The van der Waals surface area contributed by atoms with Crippen molar-refractivity contribution in [3.8, 4) is 0 Å². The van der Waals surface area contributed by atoms with Crippen molar-refractivity contribution in [1.29, 1.82) is 0 Å². The van der Waals surface area contributed by atoms with Crippen LogP contribution in [0.25, 0.3) is 11.2 Å². The van der Waals surface area contributed by atoms with Gasteiger partial charge in [-0.15, -0.1) is 0 Å². The molecule has 0 aliphatic heterocycles. The fraction of sp³-hybridized carbons (Fsp3) is 0.154. The summed E-state index contributed by atoms with van der Waals surface area (Å²) in [5.74, 6) is 0. The molecular weight excluding hydrogens is 244 g/mol. The Balaban J connectivity index is 2.26. The zero-order chi connectivity index (χ0) is 13.4. The predicted molar refractivity (Wildman–Crippen MR) is 71.1 cm³/mol. The van der Waals surface area contributed by atoms with Gasteiger partial charge < -0.3 is 4.57 Å². The average Bonchev–Trinajstić information content (AvgIpc) is 2.78.